The summed E-state index contributed by atoms with van der Waals surface area (Å²) in [6.07, 6.45) is -8.90. The molecule has 0 radical (unpaired) electrons. The van der Waals surface area contributed by atoms with Crippen molar-refractivity contribution in [1.29, 1.82) is 0 Å². The summed E-state index contributed by atoms with van der Waals surface area (Å²) in [5, 5.41) is 60.2. The highest BCUT2D eigenvalue weighted by atomic mass is 16.7. The number of fused-ring (bicyclic) bond motifs is 3. The highest BCUT2D eigenvalue weighted by Crippen LogP contribution is 2.33. The number of aromatic nitrogens is 2. The molecule has 1 aliphatic heterocycles. The van der Waals surface area contributed by atoms with E-state index in [1.165, 1.54) is 6.07 Å². The molecule has 7 N–H and O–H groups in total. The standard InChI is InChI=1S/C20H22N2O9/c23-6-12(30-20-18(27)17(26)16(25)13(7-24)31-20)15-14-9(5-11(22-15)19(28)29)8-3-1-2-4-10(8)21-14/h1-5,12-13,16-18,20-21,23-27H,6-7H2,(H,28,29)/t12-,13-,16-,17+,18-,20-/m1/s1. The van der Waals surface area contributed by atoms with E-state index in [1.54, 1.807) is 24.3 Å². The number of hydrogen-bond acceptors (Lipinski definition) is 9. The monoisotopic (exact) mass is 434 g/mol. The minimum Gasteiger partial charge on any atom is -0.477 e. The Hall–Kier alpha value is -2.64. The molecule has 0 aliphatic carbocycles. The van der Waals surface area contributed by atoms with Crippen LogP contribution in [0.5, 0.6) is 0 Å². The summed E-state index contributed by atoms with van der Waals surface area (Å²) < 4.78 is 11.0. The van der Waals surface area contributed by atoms with E-state index in [2.05, 4.69) is 9.97 Å². The third-order valence-electron chi connectivity index (χ3n) is 5.36. The van der Waals surface area contributed by atoms with Crippen molar-refractivity contribution < 1.29 is 44.9 Å². The maximum atomic E-state index is 11.6. The van der Waals surface area contributed by atoms with Crippen molar-refractivity contribution in [3.8, 4) is 0 Å². The molecule has 166 valence electrons. The van der Waals surface area contributed by atoms with Crippen LogP contribution in [0.2, 0.25) is 0 Å². The van der Waals surface area contributed by atoms with Gasteiger partial charge < -0.3 is 45.1 Å². The molecule has 0 spiro atoms. The first-order chi connectivity index (χ1) is 14.8. The normalized spacial score (nSPS) is 27.6. The highest BCUT2D eigenvalue weighted by Gasteiger charge is 2.45. The Bertz CT molecular complexity index is 1100. The first-order valence-corrected chi connectivity index (χ1v) is 9.57. The summed E-state index contributed by atoms with van der Waals surface area (Å²) >= 11 is 0. The number of carboxylic acids is 1. The largest absolute Gasteiger partial charge is 0.477 e. The molecule has 3 heterocycles. The van der Waals surface area contributed by atoms with E-state index in [0.29, 0.717) is 16.4 Å². The van der Waals surface area contributed by atoms with Gasteiger partial charge in [0.1, 0.15) is 36.2 Å². The third kappa shape index (κ3) is 3.77. The van der Waals surface area contributed by atoms with E-state index in [0.717, 1.165) is 5.39 Å². The number of para-hydroxylation sites is 1. The summed E-state index contributed by atoms with van der Waals surface area (Å²) in [5.41, 5.74) is 0.927. The number of ether oxygens (including phenoxy) is 2. The van der Waals surface area contributed by atoms with Crippen LogP contribution >= 0.6 is 0 Å². The van der Waals surface area contributed by atoms with Crippen LogP contribution in [0.15, 0.2) is 30.3 Å². The summed E-state index contributed by atoms with van der Waals surface area (Å²) in [5.74, 6) is -1.28. The second kappa shape index (κ2) is 8.48. The fraction of sp³-hybridized carbons (Fsp3) is 0.400. The zero-order valence-corrected chi connectivity index (χ0v) is 16.1. The van der Waals surface area contributed by atoms with Crippen molar-refractivity contribution in [2.24, 2.45) is 0 Å². The number of H-pyrrole nitrogens is 1. The number of nitrogens with one attached hydrogen (secondary N) is 1. The minimum absolute atomic E-state index is 0.0607. The van der Waals surface area contributed by atoms with Crippen molar-refractivity contribution in [3.63, 3.8) is 0 Å². The molecule has 2 aromatic heterocycles. The number of pyridine rings is 1. The van der Waals surface area contributed by atoms with Crippen LogP contribution < -0.4 is 0 Å². The molecule has 1 aliphatic rings. The summed E-state index contributed by atoms with van der Waals surface area (Å²) in [6.45, 7) is -1.30. The van der Waals surface area contributed by atoms with Gasteiger partial charge in [-0.05, 0) is 12.1 Å². The van der Waals surface area contributed by atoms with Gasteiger partial charge in [0.05, 0.1) is 24.4 Å². The van der Waals surface area contributed by atoms with Gasteiger partial charge in [-0.1, -0.05) is 18.2 Å². The Morgan fingerprint density at radius 2 is 1.87 bits per heavy atom. The van der Waals surface area contributed by atoms with E-state index >= 15 is 0 Å². The molecular weight excluding hydrogens is 412 g/mol. The number of rotatable bonds is 6. The lowest BCUT2D eigenvalue weighted by Gasteiger charge is -2.40. The lowest BCUT2D eigenvalue weighted by Crippen LogP contribution is -2.59. The maximum absolute atomic E-state index is 11.6. The molecule has 0 amide bonds. The van der Waals surface area contributed by atoms with Crippen molar-refractivity contribution in [3.05, 3.63) is 41.7 Å². The number of nitrogens with zero attached hydrogens (tertiary/aromatic N) is 1. The van der Waals surface area contributed by atoms with Crippen LogP contribution in [-0.4, -0.2) is 90.5 Å². The maximum Gasteiger partial charge on any atom is 0.354 e. The molecule has 3 aromatic rings. The summed E-state index contributed by atoms with van der Waals surface area (Å²) in [7, 11) is 0. The summed E-state index contributed by atoms with van der Waals surface area (Å²) in [6, 6.07) is 8.60. The van der Waals surface area contributed by atoms with Crippen molar-refractivity contribution in [2.45, 2.75) is 36.8 Å². The first-order valence-electron chi connectivity index (χ1n) is 9.57. The fourth-order valence-electron chi connectivity index (χ4n) is 3.75. The van der Waals surface area contributed by atoms with Gasteiger partial charge in [0.25, 0.3) is 0 Å². The second-order valence-electron chi connectivity index (χ2n) is 7.30. The van der Waals surface area contributed by atoms with E-state index in [1.807, 2.05) is 0 Å². The lowest BCUT2D eigenvalue weighted by molar-refractivity contribution is -0.314. The van der Waals surface area contributed by atoms with Crippen molar-refractivity contribution in [2.75, 3.05) is 13.2 Å². The fourth-order valence-corrected chi connectivity index (χ4v) is 3.75. The predicted octanol–water partition coefficient (Wildman–Crippen LogP) is -0.736. The Morgan fingerprint density at radius 3 is 2.55 bits per heavy atom. The van der Waals surface area contributed by atoms with E-state index in [4.69, 9.17) is 9.47 Å². The molecule has 11 heteroatoms. The van der Waals surface area contributed by atoms with Gasteiger partial charge in [-0.2, -0.15) is 0 Å². The van der Waals surface area contributed by atoms with Gasteiger partial charge in [0, 0.05) is 16.3 Å². The van der Waals surface area contributed by atoms with Crippen molar-refractivity contribution in [1.82, 2.24) is 9.97 Å². The van der Waals surface area contributed by atoms with Gasteiger partial charge in [-0.3, -0.25) is 0 Å². The number of aromatic amines is 1. The number of aromatic carboxylic acids is 1. The number of carboxylic acid groups (broad SMARTS) is 1. The molecule has 31 heavy (non-hydrogen) atoms. The Morgan fingerprint density at radius 1 is 1.13 bits per heavy atom. The number of carbonyl (C=O) groups is 1. The molecule has 0 unspecified atom stereocenters. The Labute approximate surface area is 175 Å². The van der Waals surface area contributed by atoms with Crippen LogP contribution in [0.4, 0.5) is 0 Å². The number of aliphatic hydroxyl groups excluding tert-OH is 5. The molecule has 0 saturated carbocycles. The highest BCUT2D eigenvalue weighted by molar-refractivity contribution is 6.09. The van der Waals surface area contributed by atoms with Gasteiger partial charge in [0.15, 0.2) is 6.29 Å². The quantitative estimate of drug-likeness (QED) is 0.261. The van der Waals surface area contributed by atoms with E-state index < -0.39 is 56.0 Å². The van der Waals surface area contributed by atoms with Gasteiger partial charge in [-0.15, -0.1) is 0 Å². The van der Waals surface area contributed by atoms with Crippen LogP contribution in [0.25, 0.3) is 21.8 Å². The molecule has 4 rings (SSSR count). The molecular formula is C20H22N2O9. The van der Waals surface area contributed by atoms with Crippen LogP contribution in [0.1, 0.15) is 22.3 Å². The van der Waals surface area contributed by atoms with Crippen molar-refractivity contribution >= 4 is 27.8 Å². The smallest absolute Gasteiger partial charge is 0.354 e. The Balaban J connectivity index is 1.77. The second-order valence-corrected chi connectivity index (χ2v) is 7.30. The summed E-state index contributed by atoms with van der Waals surface area (Å²) in [4.78, 5) is 18.9. The van der Waals surface area contributed by atoms with Crippen LogP contribution in [-0.2, 0) is 9.47 Å². The molecule has 6 atom stereocenters. The van der Waals surface area contributed by atoms with Gasteiger partial charge in [0.2, 0.25) is 0 Å². The SMILES string of the molecule is O=C(O)c1cc2c([nH]c3ccccc32)c([C@@H](CO)O[C@@H]2O[C@H](CO)[C@@H](O)[C@H](O)[C@H]2O)n1. The van der Waals surface area contributed by atoms with Gasteiger partial charge >= 0.3 is 5.97 Å². The topological polar surface area (TPSA) is 186 Å². The van der Waals surface area contributed by atoms with Crippen LogP contribution in [0, 0.1) is 0 Å². The molecule has 1 fully saturated rings. The zero-order valence-electron chi connectivity index (χ0n) is 16.1. The average Bonchev–Trinajstić information content (AvgIpc) is 3.15. The number of benzene rings is 1. The molecule has 1 aromatic carbocycles. The Kier molecular flexibility index (Phi) is 5.90. The predicted molar refractivity (Wildman–Crippen MR) is 105 cm³/mol. The van der Waals surface area contributed by atoms with Gasteiger partial charge in [-0.25, -0.2) is 9.78 Å². The minimum atomic E-state index is -1.69. The zero-order chi connectivity index (χ0) is 22.3. The molecule has 1 saturated heterocycles. The number of aliphatic hydroxyl groups is 5. The first kappa shape index (κ1) is 21.6. The third-order valence-corrected chi connectivity index (χ3v) is 5.36. The van der Waals surface area contributed by atoms with Crippen LogP contribution in [0.3, 0.4) is 0 Å². The average molecular weight is 434 g/mol. The lowest BCUT2D eigenvalue weighted by atomic mass is 9.99. The van der Waals surface area contributed by atoms with E-state index in [-0.39, 0.29) is 11.4 Å². The number of hydrogen-bond donors (Lipinski definition) is 7. The van der Waals surface area contributed by atoms with E-state index in [9.17, 15) is 35.4 Å². The molecule has 0 bridgehead atoms. The molecule has 11 nitrogen and oxygen atoms in total.